The van der Waals surface area contributed by atoms with Gasteiger partial charge in [-0.3, -0.25) is 23.2 Å². The molecule has 3 unspecified atom stereocenters. The molecule has 0 aromatic carbocycles. The van der Waals surface area contributed by atoms with Crippen LogP contribution in [0.3, 0.4) is 0 Å². The van der Waals surface area contributed by atoms with Crippen molar-refractivity contribution in [1.82, 2.24) is 0 Å². The van der Waals surface area contributed by atoms with Gasteiger partial charge in [-0.2, -0.15) is 0 Å². The van der Waals surface area contributed by atoms with Crippen molar-refractivity contribution in [2.45, 2.75) is 154 Å². The Balaban J connectivity index is 4.86. The second-order valence-electron chi connectivity index (χ2n) is 14.9. The number of esters is 2. The zero-order chi connectivity index (χ0) is 48.3. The van der Waals surface area contributed by atoms with Crippen LogP contribution in [-0.2, 0) is 41.8 Å². The lowest BCUT2D eigenvalue weighted by atomic mass is 10.0. The molecular weight excluding hydrogens is 878 g/mol. The number of carbonyl (C=O) groups excluding carboxylic acids is 2. The van der Waals surface area contributed by atoms with Crippen LogP contribution in [0.15, 0.2) is 109 Å². The lowest BCUT2D eigenvalue weighted by Crippen LogP contribution is -2.30. The van der Waals surface area contributed by atoms with Gasteiger partial charge in [0.25, 0.3) is 0 Å². The summed E-state index contributed by atoms with van der Waals surface area (Å²) in [4.78, 5) is 52.8. The van der Waals surface area contributed by atoms with Crippen molar-refractivity contribution in [3.05, 3.63) is 109 Å². The summed E-state index contributed by atoms with van der Waals surface area (Å²) >= 11 is 0. The topological polar surface area (TPSA) is 236 Å². The van der Waals surface area contributed by atoms with Crippen LogP contribution in [0.25, 0.3) is 0 Å². The van der Waals surface area contributed by atoms with E-state index in [4.69, 9.17) is 23.8 Å². The second kappa shape index (κ2) is 42.1. The van der Waals surface area contributed by atoms with E-state index in [0.29, 0.717) is 19.3 Å². The third kappa shape index (κ3) is 44.3. The minimum atomic E-state index is -4.91. The molecule has 17 heteroatoms. The van der Waals surface area contributed by atoms with Crippen LogP contribution in [0.1, 0.15) is 129 Å². The van der Waals surface area contributed by atoms with E-state index in [1.807, 2.05) is 30.4 Å². The first-order valence-corrected chi connectivity index (χ1v) is 25.8. The molecule has 0 saturated carbocycles. The van der Waals surface area contributed by atoms with E-state index >= 15 is 0 Å². The number of ether oxygens (including phenoxy) is 2. The molecule has 0 spiro atoms. The maximum Gasteiger partial charge on any atom is 0.472 e. The molecule has 65 heavy (non-hydrogen) atoms. The van der Waals surface area contributed by atoms with Gasteiger partial charge in [-0.25, -0.2) is 9.13 Å². The van der Waals surface area contributed by atoms with Crippen molar-refractivity contribution in [3.8, 4) is 0 Å². The molecule has 0 aliphatic carbocycles. The lowest BCUT2D eigenvalue weighted by Gasteiger charge is -2.21. The lowest BCUT2D eigenvalue weighted by molar-refractivity contribution is -0.161. The van der Waals surface area contributed by atoms with Gasteiger partial charge in [0.15, 0.2) is 6.10 Å². The maximum atomic E-state index is 12.7. The molecule has 0 aromatic rings. The highest BCUT2D eigenvalue weighted by atomic mass is 31.2. The Labute approximate surface area is 387 Å². The Hall–Kier alpha value is -3.30. The highest BCUT2D eigenvalue weighted by Crippen LogP contribution is 2.43. The summed E-state index contributed by atoms with van der Waals surface area (Å²) < 4.78 is 47.5. The fourth-order valence-corrected chi connectivity index (χ4v) is 6.45. The van der Waals surface area contributed by atoms with Crippen molar-refractivity contribution in [1.29, 1.82) is 0 Å². The Morgan fingerprint density at radius 2 is 0.985 bits per heavy atom. The van der Waals surface area contributed by atoms with Crippen LogP contribution in [0, 0.1) is 0 Å². The van der Waals surface area contributed by atoms with Gasteiger partial charge in [-0.05, 0) is 89.9 Å². The molecule has 370 valence electrons. The summed E-state index contributed by atoms with van der Waals surface area (Å²) in [5.74, 6) is -1.43. The van der Waals surface area contributed by atoms with E-state index in [-0.39, 0.29) is 32.1 Å². The largest absolute Gasteiger partial charge is 0.472 e. The SMILES string of the molecule is CC/C=C\C/C=C\C/C=C\C/C=C\C/C=C\C/C=C\CCC(=O)OC[C@H](COP(=O)(O)OC[C@@H](O)COP(=O)(O)O)OC(=O)CCCC(O)C(O)C/C=C\C/C=C\C/C=C\CCCCC. The van der Waals surface area contributed by atoms with Gasteiger partial charge < -0.3 is 39.5 Å². The molecule has 0 aliphatic heterocycles. The number of allylic oxidation sites excluding steroid dienone is 17. The molecule has 0 amide bonds. The summed E-state index contributed by atoms with van der Waals surface area (Å²) in [6.07, 6.45) is 44.0. The minimum absolute atomic E-state index is 0.00280. The van der Waals surface area contributed by atoms with Crippen LogP contribution in [0.4, 0.5) is 0 Å². The van der Waals surface area contributed by atoms with Gasteiger partial charge in [-0.1, -0.05) is 136 Å². The number of phosphoric ester groups is 2. The van der Waals surface area contributed by atoms with Crippen LogP contribution in [0.5, 0.6) is 0 Å². The van der Waals surface area contributed by atoms with Crippen molar-refractivity contribution >= 4 is 27.6 Å². The first-order valence-electron chi connectivity index (χ1n) is 22.7. The van der Waals surface area contributed by atoms with E-state index < -0.39 is 78.4 Å². The van der Waals surface area contributed by atoms with Crippen LogP contribution in [0.2, 0.25) is 0 Å². The Kier molecular flexibility index (Phi) is 39.9. The number of aliphatic hydroxyl groups is 3. The quantitative estimate of drug-likeness (QED) is 0.0145. The highest BCUT2D eigenvalue weighted by molar-refractivity contribution is 7.47. The third-order valence-corrected chi connectivity index (χ3v) is 10.3. The standard InChI is InChI=1S/C48H78O15P2/c1-3-5-7-9-11-13-15-17-18-19-20-21-22-23-25-27-29-31-33-37-47(52)59-41-44(42-62-65(57,58)61-40-43(49)39-60-64(54,55)56)63-48(53)38-34-36-46(51)45(50)35-32-30-28-26-24-16-14-12-10-8-6-4-2/h5,7,11-14,17-18,20-21,23-26,29-32,43-46,49-51H,3-4,6,8-10,15-16,19,22,27-28,33-42H2,1-2H3,(H,57,58)(H2,54,55,56)/b7-5-,13-11-,14-12-,18-17-,21-20-,25-23-,26-24-,31-29-,32-30-/t43-,44+,45?,46?/m0/s1. The van der Waals surface area contributed by atoms with Crippen molar-refractivity contribution in [2.75, 3.05) is 26.4 Å². The molecule has 15 nitrogen and oxygen atoms in total. The molecule has 0 rings (SSSR count). The van der Waals surface area contributed by atoms with Crippen molar-refractivity contribution < 1.29 is 71.8 Å². The molecule has 0 fully saturated rings. The van der Waals surface area contributed by atoms with Crippen LogP contribution < -0.4 is 0 Å². The van der Waals surface area contributed by atoms with E-state index in [1.54, 1.807) is 6.08 Å². The van der Waals surface area contributed by atoms with Crippen LogP contribution in [-0.4, -0.2) is 92.8 Å². The Morgan fingerprint density at radius 3 is 1.51 bits per heavy atom. The van der Waals surface area contributed by atoms with E-state index in [2.05, 4.69) is 95.8 Å². The Morgan fingerprint density at radius 1 is 0.508 bits per heavy atom. The number of hydrogen-bond acceptors (Lipinski definition) is 12. The number of unbranched alkanes of at least 4 members (excludes halogenated alkanes) is 3. The minimum Gasteiger partial charge on any atom is -0.462 e. The smallest absolute Gasteiger partial charge is 0.462 e. The number of aliphatic hydroxyl groups excluding tert-OH is 3. The number of rotatable bonds is 41. The third-order valence-electron chi connectivity index (χ3n) is 8.85. The zero-order valence-electron chi connectivity index (χ0n) is 38.5. The molecule has 0 radical (unpaired) electrons. The molecule has 0 heterocycles. The van der Waals surface area contributed by atoms with Gasteiger partial charge in [0, 0.05) is 12.8 Å². The van der Waals surface area contributed by atoms with E-state index in [1.165, 1.54) is 19.3 Å². The molecule has 0 saturated heterocycles. The summed E-state index contributed by atoms with van der Waals surface area (Å²) in [5.41, 5.74) is 0. The molecular formula is C48H78O15P2. The van der Waals surface area contributed by atoms with Crippen molar-refractivity contribution in [2.24, 2.45) is 0 Å². The fraction of sp³-hybridized carbons (Fsp3) is 0.583. The van der Waals surface area contributed by atoms with E-state index in [0.717, 1.165) is 44.9 Å². The summed E-state index contributed by atoms with van der Waals surface area (Å²) in [6, 6.07) is 0. The molecule has 5 atom stereocenters. The van der Waals surface area contributed by atoms with Gasteiger partial charge >= 0.3 is 27.6 Å². The predicted octanol–water partition coefficient (Wildman–Crippen LogP) is 9.83. The monoisotopic (exact) mass is 956 g/mol. The first-order chi connectivity index (χ1) is 31.2. The number of carbonyl (C=O) groups is 2. The Bertz CT molecular complexity index is 1590. The number of hydrogen-bond donors (Lipinski definition) is 6. The van der Waals surface area contributed by atoms with Gasteiger partial charge in [0.05, 0.1) is 32.0 Å². The summed E-state index contributed by atoms with van der Waals surface area (Å²) in [5, 5.41) is 30.5. The zero-order valence-corrected chi connectivity index (χ0v) is 40.3. The van der Waals surface area contributed by atoms with Gasteiger partial charge in [-0.15, -0.1) is 0 Å². The maximum absolute atomic E-state index is 12.7. The average molecular weight is 957 g/mol. The highest BCUT2D eigenvalue weighted by Gasteiger charge is 2.28. The average Bonchev–Trinajstić information content (AvgIpc) is 3.26. The molecule has 0 aromatic heterocycles. The predicted molar refractivity (Wildman–Crippen MR) is 255 cm³/mol. The van der Waals surface area contributed by atoms with Gasteiger partial charge in [0.1, 0.15) is 12.7 Å². The second-order valence-corrected chi connectivity index (χ2v) is 17.6. The first kappa shape index (κ1) is 61.7. The summed E-state index contributed by atoms with van der Waals surface area (Å²) in [6.45, 7) is 1.18. The van der Waals surface area contributed by atoms with Gasteiger partial charge in [0.2, 0.25) is 0 Å². The fourth-order valence-electron chi connectivity index (χ4n) is 5.30. The number of phosphoric acid groups is 2. The van der Waals surface area contributed by atoms with E-state index in [9.17, 15) is 38.9 Å². The van der Waals surface area contributed by atoms with Crippen molar-refractivity contribution in [3.63, 3.8) is 0 Å². The molecule has 0 bridgehead atoms. The molecule has 0 aliphatic rings. The van der Waals surface area contributed by atoms with Crippen LogP contribution >= 0.6 is 15.6 Å². The molecule has 6 N–H and O–H groups in total. The normalized spacial score (nSPS) is 15.9. The summed E-state index contributed by atoms with van der Waals surface area (Å²) in [7, 11) is -9.83.